The molecule has 6 heteroatoms. The van der Waals surface area contributed by atoms with Crippen LogP contribution in [0.5, 0.6) is 11.5 Å². The summed E-state index contributed by atoms with van der Waals surface area (Å²) in [5.41, 5.74) is 7.35. The van der Waals surface area contributed by atoms with Gasteiger partial charge in [0.25, 0.3) is 0 Å². The topological polar surface area (TPSA) is 75.2 Å². The Morgan fingerprint density at radius 3 is 2.14 bits per heavy atom. The molecule has 114 valence electrons. The molecule has 2 N–H and O–H groups in total. The number of aromatic nitrogens is 3. The van der Waals surface area contributed by atoms with Crippen molar-refractivity contribution in [2.24, 2.45) is 7.05 Å². The highest BCUT2D eigenvalue weighted by Gasteiger charge is 2.23. The van der Waals surface area contributed by atoms with Crippen molar-refractivity contribution in [2.45, 2.75) is 26.2 Å². The third-order valence-corrected chi connectivity index (χ3v) is 3.23. The van der Waals surface area contributed by atoms with Crippen molar-refractivity contribution in [1.29, 1.82) is 0 Å². The van der Waals surface area contributed by atoms with Gasteiger partial charge in [-0.15, -0.1) is 0 Å². The van der Waals surface area contributed by atoms with Gasteiger partial charge in [0.2, 0.25) is 0 Å². The Morgan fingerprint density at radius 2 is 1.67 bits per heavy atom. The first-order valence-corrected chi connectivity index (χ1v) is 6.71. The predicted molar refractivity (Wildman–Crippen MR) is 82.7 cm³/mol. The van der Waals surface area contributed by atoms with E-state index in [4.69, 9.17) is 15.2 Å². The van der Waals surface area contributed by atoms with Crippen molar-refractivity contribution in [3.63, 3.8) is 0 Å². The van der Waals surface area contributed by atoms with E-state index >= 15 is 0 Å². The van der Waals surface area contributed by atoms with Crippen LogP contribution in [0, 0.1) is 0 Å². The van der Waals surface area contributed by atoms with Crippen LogP contribution in [0.15, 0.2) is 12.1 Å². The molecule has 0 saturated heterocycles. The highest BCUT2D eigenvalue weighted by Crippen LogP contribution is 2.37. The predicted octanol–water partition coefficient (Wildman–Crippen LogP) is 2.38. The van der Waals surface area contributed by atoms with Crippen LogP contribution in [0.3, 0.4) is 0 Å². The number of aryl methyl sites for hydroxylation is 1. The van der Waals surface area contributed by atoms with Crippen LogP contribution < -0.4 is 15.2 Å². The minimum absolute atomic E-state index is 0.124. The summed E-state index contributed by atoms with van der Waals surface area (Å²) in [5, 5.41) is 4.48. The highest BCUT2D eigenvalue weighted by molar-refractivity contribution is 5.76. The lowest BCUT2D eigenvalue weighted by Crippen LogP contribution is -2.13. The average Bonchev–Trinajstić information content (AvgIpc) is 2.80. The van der Waals surface area contributed by atoms with Gasteiger partial charge in [-0.2, -0.15) is 5.10 Å². The van der Waals surface area contributed by atoms with E-state index in [1.54, 1.807) is 25.0 Å². The van der Waals surface area contributed by atoms with Gasteiger partial charge in [-0.25, -0.2) is 9.67 Å². The maximum absolute atomic E-state index is 6.12. The molecule has 0 bridgehead atoms. The molecule has 1 heterocycles. The first kappa shape index (κ1) is 15.2. The van der Waals surface area contributed by atoms with E-state index in [1.165, 1.54) is 0 Å². The van der Waals surface area contributed by atoms with Crippen LogP contribution in [0.2, 0.25) is 0 Å². The molecular formula is C15H22N4O2. The van der Waals surface area contributed by atoms with E-state index in [2.05, 4.69) is 30.9 Å². The molecule has 2 rings (SSSR count). The van der Waals surface area contributed by atoms with Gasteiger partial charge < -0.3 is 15.2 Å². The summed E-state index contributed by atoms with van der Waals surface area (Å²) in [6, 6.07) is 3.56. The molecule has 0 atom stereocenters. The number of methoxy groups -OCH3 is 2. The molecule has 0 aliphatic rings. The summed E-state index contributed by atoms with van der Waals surface area (Å²) in [4.78, 5) is 4.62. The number of benzene rings is 1. The van der Waals surface area contributed by atoms with Crippen molar-refractivity contribution >= 4 is 5.69 Å². The Hall–Kier alpha value is -2.24. The first-order chi connectivity index (χ1) is 9.77. The second kappa shape index (κ2) is 5.27. The molecule has 0 aliphatic heterocycles. The Balaban J connectivity index is 2.59. The maximum atomic E-state index is 6.12. The van der Waals surface area contributed by atoms with Gasteiger partial charge in [0.15, 0.2) is 23.1 Å². The number of nitrogens with two attached hydrogens (primary N) is 1. The largest absolute Gasteiger partial charge is 0.493 e. The van der Waals surface area contributed by atoms with E-state index in [0.29, 0.717) is 23.0 Å². The van der Waals surface area contributed by atoms with Crippen LogP contribution in [0.4, 0.5) is 5.69 Å². The fourth-order valence-corrected chi connectivity index (χ4v) is 2.03. The van der Waals surface area contributed by atoms with Gasteiger partial charge >= 0.3 is 0 Å². The summed E-state index contributed by atoms with van der Waals surface area (Å²) in [5.74, 6) is 2.69. The SMILES string of the molecule is COc1cc(N)c(-c2nc(C(C)(C)C)nn2C)cc1OC. The van der Waals surface area contributed by atoms with Gasteiger partial charge in [0, 0.05) is 29.8 Å². The zero-order valence-corrected chi connectivity index (χ0v) is 13.4. The smallest absolute Gasteiger partial charge is 0.162 e. The summed E-state index contributed by atoms with van der Waals surface area (Å²) in [6.45, 7) is 6.22. The van der Waals surface area contributed by atoms with Crippen LogP contribution in [0.1, 0.15) is 26.6 Å². The van der Waals surface area contributed by atoms with E-state index in [-0.39, 0.29) is 5.41 Å². The third kappa shape index (κ3) is 2.79. The van der Waals surface area contributed by atoms with E-state index in [1.807, 2.05) is 13.1 Å². The fourth-order valence-electron chi connectivity index (χ4n) is 2.03. The van der Waals surface area contributed by atoms with Gasteiger partial charge in [-0.3, -0.25) is 0 Å². The van der Waals surface area contributed by atoms with Crippen molar-refractivity contribution in [3.8, 4) is 22.9 Å². The number of ether oxygens (including phenoxy) is 2. The number of rotatable bonds is 3. The van der Waals surface area contributed by atoms with Crippen molar-refractivity contribution < 1.29 is 9.47 Å². The van der Waals surface area contributed by atoms with Crippen molar-refractivity contribution in [3.05, 3.63) is 18.0 Å². The van der Waals surface area contributed by atoms with Crippen LogP contribution >= 0.6 is 0 Å². The molecule has 0 unspecified atom stereocenters. The highest BCUT2D eigenvalue weighted by atomic mass is 16.5. The maximum Gasteiger partial charge on any atom is 0.162 e. The zero-order valence-electron chi connectivity index (χ0n) is 13.4. The summed E-state index contributed by atoms with van der Waals surface area (Å²) in [6.07, 6.45) is 0. The number of hydrogen-bond donors (Lipinski definition) is 1. The Morgan fingerprint density at radius 1 is 1.10 bits per heavy atom. The van der Waals surface area contributed by atoms with E-state index in [0.717, 1.165) is 11.4 Å². The minimum atomic E-state index is -0.124. The molecule has 0 radical (unpaired) electrons. The van der Waals surface area contributed by atoms with Gasteiger partial charge in [-0.05, 0) is 6.07 Å². The molecular weight excluding hydrogens is 268 g/mol. The van der Waals surface area contributed by atoms with E-state index in [9.17, 15) is 0 Å². The minimum Gasteiger partial charge on any atom is -0.493 e. The van der Waals surface area contributed by atoms with Gasteiger partial charge in [-0.1, -0.05) is 20.8 Å². The summed E-state index contributed by atoms with van der Waals surface area (Å²) in [7, 11) is 5.03. The Labute approximate surface area is 124 Å². The standard InChI is InChI=1S/C15H22N4O2/c1-15(2,3)14-17-13(19(4)18-14)9-7-11(20-5)12(21-6)8-10(9)16/h7-8H,16H2,1-6H3. The Bertz CT molecular complexity index is 656. The van der Waals surface area contributed by atoms with Crippen molar-refractivity contribution in [2.75, 3.05) is 20.0 Å². The van der Waals surface area contributed by atoms with Crippen LogP contribution in [-0.4, -0.2) is 29.0 Å². The second-order valence-electron chi connectivity index (χ2n) is 5.93. The van der Waals surface area contributed by atoms with Crippen LogP contribution in [0.25, 0.3) is 11.4 Å². The van der Waals surface area contributed by atoms with E-state index < -0.39 is 0 Å². The lowest BCUT2D eigenvalue weighted by molar-refractivity contribution is 0.355. The molecule has 0 saturated carbocycles. The Kier molecular flexibility index (Phi) is 3.80. The van der Waals surface area contributed by atoms with Gasteiger partial charge in [0.05, 0.1) is 14.2 Å². The first-order valence-electron chi connectivity index (χ1n) is 6.71. The molecule has 1 aromatic heterocycles. The third-order valence-electron chi connectivity index (χ3n) is 3.23. The quantitative estimate of drug-likeness (QED) is 0.878. The molecule has 1 aromatic carbocycles. The summed E-state index contributed by atoms with van der Waals surface area (Å²) < 4.78 is 12.3. The molecule has 21 heavy (non-hydrogen) atoms. The molecule has 6 nitrogen and oxygen atoms in total. The molecule has 0 fully saturated rings. The number of nitrogens with zero attached hydrogens (tertiary/aromatic N) is 3. The van der Waals surface area contributed by atoms with Gasteiger partial charge in [0.1, 0.15) is 0 Å². The normalized spacial score (nSPS) is 11.5. The molecule has 0 aliphatic carbocycles. The number of anilines is 1. The lowest BCUT2D eigenvalue weighted by Gasteiger charge is -2.12. The molecule has 0 amide bonds. The summed E-state index contributed by atoms with van der Waals surface area (Å²) >= 11 is 0. The van der Waals surface area contributed by atoms with Crippen LogP contribution in [-0.2, 0) is 12.5 Å². The fraction of sp³-hybridized carbons (Fsp3) is 0.467. The monoisotopic (exact) mass is 290 g/mol. The van der Waals surface area contributed by atoms with Crippen molar-refractivity contribution in [1.82, 2.24) is 14.8 Å². The average molecular weight is 290 g/mol. The lowest BCUT2D eigenvalue weighted by atomic mass is 9.96. The zero-order chi connectivity index (χ0) is 15.8. The molecule has 0 spiro atoms. The second-order valence-corrected chi connectivity index (χ2v) is 5.93. The number of hydrogen-bond acceptors (Lipinski definition) is 5. The molecule has 2 aromatic rings. The number of nitrogen functional groups attached to an aromatic ring is 1.